The third-order valence-electron chi connectivity index (χ3n) is 2.14. The van der Waals surface area contributed by atoms with E-state index in [2.05, 4.69) is 9.72 Å². The van der Waals surface area contributed by atoms with Crippen molar-refractivity contribution in [3.8, 4) is 5.75 Å². The summed E-state index contributed by atoms with van der Waals surface area (Å²) in [6.45, 7) is 0. The van der Waals surface area contributed by atoms with Crippen molar-refractivity contribution < 1.29 is 23.0 Å². The molecule has 0 fully saturated rings. The summed E-state index contributed by atoms with van der Waals surface area (Å²) in [5.41, 5.74) is 2.22. The first kappa shape index (κ1) is 12.8. The predicted octanol–water partition coefficient (Wildman–Crippen LogP) is 3.12. The quantitative estimate of drug-likeness (QED) is 0.935. The first-order valence-corrected chi connectivity index (χ1v) is 5.82. The molecule has 18 heavy (non-hydrogen) atoms. The van der Waals surface area contributed by atoms with Crippen LogP contribution in [0.25, 0.3) is 0 Å². The normalized spacial score (nSPS) is 13.3. The largest absolute Gasteiger partial charge is 0.573 e. The average Bonchev–Trinajstić information content (AvgIpc) is 2.79. The van der Waals surface area contributed by atoms with Crippen molar-refractivity contribution in [2.24, 2.45) is 0 Å². The predicted molar refractivity (Wildman–Crippen MR) is 59.3 cm³/mol. The van der Waals surface area contributed by atoms with Crippen LogP contribution in [-0.2, 0) is 0 Å². The van der Waals surface area contributed by atoms with E-state index < -0.39 is 12.5 Å². The molecule has 0 aliphatic carbocycles. The van der Waals surface area contributed by atoms with Crippen LogP contribution in [0.15, 0.2) is 35.2 Å². The minimum Gasteiger partial charge on any atom is -0.406 e. The Morgan fingerprint density at radius 3 is 2.72 bits per heavy atom. The van der Waals surface area contributed by atoms with Gasteiger partial charge in [0.25, 0.3) is 0 Å². The average molecular weight is 275 g/mol. The van der Waals surface area contributed by atoms with Gasteiger partial charge in [-0.1, -0.05) is 12.1 Å². The molecule has 2 aromatic rings. The van der Waals surface area contributed by atoms with E-state index in [0.717, 1.165) is 6.07 Å². The Morgan fingerprint density at radius 2 is 2.11 bits per heavy atom. The van der Waals surface area contributed by atoms with Crippen molar-refractivity contribution in [3.63, 3.8) is 0 Å². The molecule has 96 valence electrons. The van der Waals surface area contributed by atoms with Crippen molar-refractivity contribution in [1.29, 1.82) is 0 Å². The highest BCUT2D eigenvalue weighted by molar-refractivity contribution is 7.07. The summed E-state index contributed by atoms with van der Waals surface area (Å²) in [6.07, 6.45) is -5.81. The first-order valence-electron chi connectivity index (χ1n) is 4.87. The van der Waals surface area contributed by atoms with Gasteiger partial charge < -0.3 is 9.84 Å². The maximum absolute atomic E-state index is 12.1. The molecule has 0 saturated heterocycles. The zero-order chi connectivity index (χ0) is 13.2. The number of hydrogen-bond donors (Lipinski definition) is 1. The molecule has 0 aliphatic rings. The molecular formula is C11H8F3NO2S. The van der Waals surface area contributed by atoms with Crippen LogP contribution in [-0.4, -0.2) is 16.5 Å². The molecule has 1 heterocycles. The minimum atomic E-state index is -4.75. The van der Waals surface area contributed by atoms with E-state index in [1.165, 1.54) is 35.0 Å². The number of ether oxygens (including phenoxy) is 1. The standard InChI is InChI=1S/C11H8F3NO2S/c12-11(13,14)17-8-3-1-2-7(4-8)10(16)9-5-18-6-15-9/h1-6,10,16H. The lowest BCUT2D eigenvalue weighted by Gasteiger charge is -2.12. The van der Waals surface area contributed by atoms with Gasteiger partial charge in [-0.3, -0.25) is 0 Å². The van der Waals surface area contributed by atoms with Crippen LogP contribution in [0.4, 0.5) is 13.2 Å². The number of nitrogens with zero attached hydrogens (tertiary/aromatic N) is 1. The molecule has 2 rings (SSSR count). The number of rotatable bonds is 3. The second-order valence-corrected chi connectivity index (χ2v) is 4.15. The zero-order valence-corrected chi connectivity index (χ0v) is 9.70. The maximum atomic E-state index is 12.1. The monoisotopic (exact) mass is 275 g/mol. The van der Waals surface area contributed by atoms with E-state index in [4.69, 9.17) is 0 Å². The highest BCUT2D eigenvalue weighted by Crippen LogP contribution is 2.28. The Balaban J connectivity index is 2.22. The van der Waals surface area contributed by atoms with Gasteiger partial charge in [0.15, 0.2) is 0 Å². The number of alkyl halides is 3. The van der Waals surface area contributed by atoms with Crippen LogP contribution in [0.1, 0.15) is 17.4 Å². The highest BCUT2D eigenvalue weighted by atomic mass is 32.1. The molecule has 7 heteroatoms. The summed E-state index contributed by atoms with van der Waals surface area (Å²) in [5.74, 6) is -0.366. The lowest BCUT2D eigenvalue weighted by molar-refractivity contribution is -0.274. The molecule has 0 bridgehead atoms. The summed E-state index contributed by atoms with van der Waals surface area (Å²) in [7, 11) is 0. The van der Waals surface area contributed by atoms with Gasteiger partial charge in [0.05, 0.1) is 11.2 Å². The molecule has 1 aromatic heterocycles. The van der Waals surface area contributed by atoms with Crippen LogP contribution >= 0.6 is 11.3 Å². The highest BCUT2D eigenvalue weighted by Gasteiger charge is 2.31. The molecule has 1 atom stereocenters. The molecule has 0 radical (unpaired) electrons. The summed E-state index contributed by atoms with van der Waals surface area (Å²) in [6, 6.07) is 5.20. The van der Waals surface area contributed by atoms with Crippen LogP contribution in [0, 0.1) is 0 Å². The summed E-state index contributed by atoms with van der Waals surface area (Å²) < 4.78 is 39.9. The van der Waals surface area contributed by atoms with Gasteiger partial charge in [-0.05, 0) is 17.7 Å². The van der Waals surface area contributed by atoms with E-state index in [1.54, 1.807) is 5.38 Å². The number of aliphatic hydroxyl groups excluding tert-OH is 1. The third kappa shape index (κ3) is 3.21. The van der Waals surface area contributed by atoms with Gasteiger partial charge >= 0.3 is 6.36 Å². The molecular weight excluding hydrogens is 267 g/mol. The van der Waals surface area contributed by atoms with E-state index in [1.807, 2.05) is 0 Å². The molecule has 0 spiro atoms. The van der Waals surface area contributed by atoms with Crippen LogP contribution in [0.5, 0.6) is 5.75 Å². The van der Waals surface area contributed by atoms with E-state index in [-0.39, 0.29) is 5.75 Å². The van der Waals surface area contributed by atoms with Crippen LogP contribution in [0.2, 0.25) is 0 Å². The molecule has 0 aliphatic heterocycles. The zero-order valence-electron chi connectivity index (χ0n) is 8.89. The first-order chi connectivity index (χ1) is 8.46. The molecule has 1 unspecified atom stereocenters. The Kier molecular flexibility index (Phi) is 3.53. The smallest absolute Gasteiger partial charge is 0.406 e. The maximum Gasteiger partial charge on any atom is 0.573 e. The van der Waals surface area contributed by atoms with Crippen molar-refractivity contribution in [1.82, 2.24) is 4.98 Å². The van der Waals surface area contributed by atoms with Gasteiger partial charge in [0.2, 0.25) is 0 Å². The molecule has 0 saturated carbocycles. The van der Waals surface area contributed by atoms with Crippen LogP contribution in [0.3, 0.4) is 0 Å². The Hall–Kier alpha value is -1.60. The Labute approximate surface area is 104 Å². The number of halogens is 3. The second kappa shape index (κ2) is 4.95. The Bertz CT molecular complexity index is 513. The van der Waals surface area contributed by atoms with E-state index in [0.29, 0.717) is 11.3 Å². The second-order valence-electron chi connectivity index (χ2n) is 3.44. The summed E-state index contributed by atoms with van der Waals surface area (Å²) >= 11 is 1.29. The fourth-order valence-corrected chi connectivity index (χ4v) is 1.98. The van der Waals surface area contributed by atoms with E-state index in [9.17, 15) is 18.3 Å². The van der Waals surface area contributed by atoms with Crippen molar-refractivity contribution in [2.75, 3.05) is 0 Å². The summed E-state index contributed by atoms with van der Waals surface area (Å²) in [4.78, 5) is 3.90. The third-order valence-corrected chi connectivity index (χ3v) is 2.74. The topological polar surface area (TPSA) is 42.4 Å². The van der Waals surface area contributed by atoms with Crippen molar-refractivity contribution in [3.05, 3.63) is 46.4 Å². The van der Waals surface area contributed by atoms with Crippen molar-refractivity contribution in [2.45, 2.75) is 12.5 Å². The van der Waals surface area contributed by atoms with Gasteiger partial charge in [0.1, 0.15) is 11.9 Å². The fraction of sp³-hybridized carbons (Fsp3) is 0.182. The number of hydrogen-bond acceptors (Lipinski definition) is 4. The molecule has 3 nitrogen and oxygen atoms in total. The van der Waals surface area contributed by atoms with Gasteiger partial charge in [-0.25, -0.2) is 4.98 Å². The number of thiazole rings is 1. The lowest BCUT2D eigenvalue weighted by atomic mass is 10.1. The number of benzene rings is 1. The van der Waals surface area contributed by atoms with E-state index >= 15 is 0 Å². The fourth-order valence-electron chi connectivity index (χ4n) is 1.41. The lowest BCUT2D eigenvalue weighted by Crippen LogP contribution is -2.17. The van der Waals surface area contributed by atoms with Crippen LogP contribution < -0.4 is 4.74 Å². The summed E-state index contributed by atoms with van der Waals surface area (Å²) in [5, 5.41) is 11.5. The number of aromatic nitrogens is 1. The van der Waals surface area contributed by atoms with Gasteiger partial charge in [-0.2, -0.15) is 0 Å². The molecule has 1 N–H and O–H groups in total. The number of aliphatic hydroxyl groups is 1. The van der Waals surface area contributed by atoms with Gasteiger partial charge in [-0.15, -0.1) is 24.5 Å². The van der Waals surface area contributed by atoms with Gasteiger partial charge in [0, 0.05) is 5.38 Å². The van der Waals surface area contributed by atoms with Crippen molar-refractivity contribution >= 4 is 11.3 Å². The molecule has 1 aromatic carbocycles. The Morgan fingerprint density at radius 1 is 1.33 bits per heavy atom. The SMILES string of the molecule is OC(c1cccc(OC(F)(F)F)c1)c1cscn1. The molecule has 0 amide bonds. The minimum absolute atomic E-state index is 0.294.